The quantitative estimate of drug-likeness (QED) is 0.836. The van der Waals surface area contributed by atoms with E-state index in [1.165, 1.54) is 0 Å². The highest BCUT2D eigenvalue weighted by Gasteiger charge is 2.40. The number of hydrogen-bond acceptors (Lipinski definition) is 4. The zero-order chi connectivity index (χ0) is 17.6. The highest BCUT2D eigenvalue weighted by Crippen LogP contribution is 2.40. The molecule has 4 rings (SSSR count). The highest BCUT2D eigenvalue weighted by molar-refractivity contribution is 7.89. The van der Waals surface area contributed by atoms with Crippen LogP contribution in [0.3, 0.4) is 0 Å². The summed E-state index contributed by atoms with van der Waals surface area (Å²) in [5.41, 5.74) is 1.78. The van der Waals surface area contributed by atoms with E-state index in [1.807, 2.05) is 23.6 Å². The molecule has 2 aromatic rings. The van der Waals surface area contributed by atoms with Gasteiger partial charge in [0.2, 0.25) is 10.0 Å². The lowest BCUT2D eigenvalue weighted by molar-refractivity contribution is 0.186. The predicted octanol–water partition coefficient (Wildman–Crippen LogP) is 2.27. The Labute approximate surface area is 147 Å². The Kier molecular flexibility index (Phi) is 4.08. The minimum Gasteiger partial charge on any atom is -0.464 e. The van der Waals surface area contributed by atoms with Crippen LogP contribution in [0.5, 0.6) is 0 Å². The number of fused-ring (bicyclic) bond motifs is 4. The van der Waals surface area contributed by atoms with Gasteiger partial charge in [0.25, 0.3) is 5.56 Å². The van der Waals surface area contributed by atoms with Crippen molar-refractivity contribution in [3.05, 3.63) is 46.6 Å². The van der Waals surface area contributed by atoms with Gasteiger partial charge in [-0.25, -0.2) is 12.7 Å². The normalized spacial score (nSPS) is 23.4. The molecule has 4 heterocycles. The minimum absolute atomic E-state index is 0.0214. The highest BCUT2D eigenvalue weighted by atomic mass is 32.2. The van der Waals surface area contributed by atoms with Gasteiger partial charge in [-0.15, -0.1) is 0 Å². The maximum atomic E-state index is 12.5. The molecule has 0 aliphatic carbocycles. The standard InChI is InChI=1S/C18H22N2O4S/c1-2-8-25(22,23)19-10-13-9-14(12-19)18-15(16-4-3-7-24-16)5-6-17(21)20(18)11-13/h3-7,13-14H,2,8-12H2,1H3/t13-,14+/m0/s1. The molecule has 25 heavy (non-hydrogen) atoms. The molecule has 7 heteroatoms. The number of hydrogen-bond donors (Lipinski definition) is 0. The number of aromatic nitrogens is 1. The van der Waals surface area contributed by atoms with Crippen molar-refractivity contribution < 1.29 is 12.8 Å². The lowest BCUT2D eigenvalue weighted by Gasteiger charge is -2.42. The third-order valence-corrected chi connectivity index (χ3v) is 7.21. The summed E-state index contributed by atoms with van der Waals surface area (Å²) in [5, 5.41) is 0. The second-order valence-electron chi connectivity index (χ2n) is 6.99. The van der Waals surface area contributed by atoms with Gasteiger partial charge in [-0.3, -0.25) is 4.79 Å². The average molecular weight is 362 g/mol. The molecule has 0 amide bonds. The summed E-state index contributed by atoms with van der Waals surface area (Å²) >= 11 is 0. The van der Waals surface area contributed by atoms with Crippen LogP contribution in [-0.2, 0) is 16.6 Å². The first-order chi connectivity index (χ1) is 12.0. The van der Waals surface area contributed by atoms with Crippen LogP contribution >= 0.6 is 0 Å². The van der Waals surface area contributed by atoms with Crippen molar-refractivity contribution >= 4 is 10.0 Å². The van der Waals surface area contributed by atoms with Crippen molar-refractivity contribution in [2.45, 2.75) is 32.2 Å². The third kappa shape index (κ3) is 2.85. The molecule has 0 aromatic carbocycles. The Balaban J connectivity index is 1.79. The zero-order valence-electron chi connectivity index (χ0n) is 14.2. The van der Waals surface area contributed by atoms with Gasteiger partial charge in [0.05, 0.1) is 12.0 Å². The predicted molar refractivity (Wildman–Crippen MR) is 94.9 cm³/mol. The average Bonchev–Trinajstić information content (AvgIpc) is 3.10. The second-order valence-corrected chi connectivity index (χ2v) is 9.08. The first-order valence-electron chi connectivity index (χ1n) is 8.75. The minimum atomic E-state index is -3.23. The van der Waals surface area contributed by atoms with Crippen molar-refractivity contribution in [2.75, 3.05) is 18.8 Å². The van der Waals surface area contributed by atoms with E-state index < -0.39 is 10.0 Å². The summed E-state index contributed by atoms with van der Waals surface area (Å²) < 4.78 is 34.1. The molecule has 0 N–H and O–H groups in total. The van der Waals surface area contributed by atoms with Gasteiger partial charge in [-0.2, -0.15) is 0 Å². The fourth-order valence-electron chi connectivity index (χ4n) is 4.23. The molecule has 134 valence electrons. The molecule has 2 aliphatic heterocycles. The lowest BCUT2D eigenvalue weighted by atomic mass is 9.82. The van der Waals surface area contributed by atoms with E-state index in [-0.39, 0.29) is 23.1 Å². The van der Waals surface area contributed by atoms with Crippen LogP contribution in [0.2, 0.25) is 0 Å². The Hall–Kier alpha value is -1.86. The van der Waals surface area contributed by atoms with Crippen LogP contribution in [0.15, 0.2) is 39.7 Å². The van der Waals surface area contributed by atoms with E-state index in [2.05, 4.69) is 0 Å². The molecule has 2 aromatic heterocycles. The Morgan fingerprint density at radius 1 is 1.20 bits per heavy atom. The molecule has 0 radical (unpaired) electrons. The molecule has 2 aliphatic rings. The summed E-state index contributed by atoms with van der Waals surface area (Å²) in [4.78, 5) is 12.4. The maximum Gasteiger partial charge on any atom is 0.250 e. The van der Waals surface area contributed by atoms with E-state index in [9.17, 15) is 13.2 Å². The largest absolute Gasteiger partial charge is 0.464 e. The summed E-state index contributed by atoms with van der Waals surface area (Å²) in [6, 6.07) is 7.07. The van der Waals surface area contributed by atoms with Crippen molar-refractivity contribution in [1.82, 2.24) is 8.87 Å². The van der Waals surface area contributed by atoms with Crippen LogP contribution in [0.1, 0.15) is 31.4 Å². The third-order valence-electron chi connectivity index (χ3n) is 5.20. The van der Waals surface area contributed by atoms with Gasteiger partial charge >= 0.3 is 0 Å². The van der Waals surface area contributed by atoms with Crippen molar-refractivity contribution in [3.63, 3.8) is 0 Å². The second kappa shape index (κ2) is 6.14. The van der Waals surface area contributed by atoms with Gasteiger partial charge in [0, 0.05) is 42.9 Å². The van der Waals surface area contributed by atoms with E-state index >= 15 is 0 Å². The molecule has 2 atom stereocenters. The van der Waals surface area contributed by atoms with E-state index in [0.717, 1.165) is 23.4 Å². The van der Waals surface area contributed by atoms with Gasteiger partial charge in [-0.05, 0) is 37.0 Å². The number of pyridine rings is 1. The van der Waals surface area contributed by atoms with Crippen LogP contribution in [0.25, 0.3) is 11.3 Å². The summed E-state index contributed by atoms with van der Waals surface area (Å²) in [5.74, 6) is 1.10. The van der Waals surface area contributed by atoms with Crippen LogP contribution in [-0.4, -0.2) is 36.1 Å². The molecule has 1 saturated heterocycles. The number of furan rings is 1. The molecule has 1 fully saturated rings. The fourth-order valence-corrected chi connectivity index (χ4v) is 5.84. The van der Waals surface area contributed by atoms with Crippen LogP contribution in [0.4, 0.5) is 0 Å². The van der Waals surface area contributed by atoms with Gasteiger partial charge in [-0.1, -0.05) is 6.92 Å². The molecular weight excluding hydrogens is 340 g/mol. The van der Waals surface area contributed by atoms with Crippen molar-refractivity contribution in [1.29, 1.82) is 0 Å². The Morgan fingerprint density at radius 3 is 2.76 bits per heavy atom. The van der Waals surface area contributed by atoms with Gasteiger partial charge in [0.1, 0.15) is 5.76 Å². The lowest BCUT2D eigenvalue weighted by Crippen LogP contribution is -2.49. The molecule has 0 spiro atoms. The van der Waals surface area contributed by atoms with Crippen molar-refractivity contribution in [3.8, 4) is 11.3 Å². The summed E-state index contributed by atoms with van der Waals surface area (Å²) in [6.07, 6.45) is 3.14. The first-order valence-corrected chi connectivity index (χ1v) is 10.4. The number of rotatable bonds is 4. The van der Waals surface area contributed by atoms with Crippen molar-refractivity contribution in [2.24, 2.45) is 5.92 Å². The Bertz CT molecular complexity index is 930. The molecular formula is C18H22N2O4S. The Morgan fingerprint density at radius 2 is 2.04 bits per heavy atom. The molecule has 6 nitrogen and oxygen atoms in total. The maximum absolute atomic E-state index is 12.5. The SMILES string of the molecule is CCCS(=O)(=O)N1C[C@@H]2C[C@H](C1)c1c(-c3ccco3)ccc(=O)n1C2. The zero-order valence-corrected chi connectivity index (χ0v) is 15.0. The van der Waals surface area contributed by atoms with Crippen LogP contribution in [0, 0.1) is 5.92 Å². The monoisotopic (exact) mass is 362 g/mol. The smallest absolute Gasteiger partial charge is 0.250 e. The summed E-state index contributed by atoms with van der Waals surface area (Å²) in [6.45, 7) is 3.40. The van der Waals surface area contributed by atoms with E-state index in [4.69, 9.17) is 4.42 Å². The summed E-state index contributed by atoms with van der Waals surface area (Å²) in [7, 11) is -3.23. The molecule has 0 unspecified atom stereocenters. The van der Waals surface area contributed by atoms with E-state index in [1.54, 1.807) is 22.7 Å². The van der Waals surface area contributed by atoms with Gasteiger partial charge in [0.15, 0.2) is 0 Å². The molecule has 0 saturated carbocycles. The number of nitrogens with zero attached hydrogens (tertiary/aromatic N) is 2. The van der Waals surface area contributed by atoms with Gasteiger partial charge < -0.3 is 8.98 Å². The molecule has 2 bridgehead atoms. The topological polar surface area (TPSA) is 72.5 Å². The number of sulfonamides is 1. The number of piperidine rings is 1. The fraction of sp³-hybridized carbons (Fsp3) is 0.500. The first kappa shape index (κ1) is 16.6. The van der Waals surface area contributed by atoms with E-state index in [0.29, 0.717) is 26.1 Å². The van der Waals surface area contributed by atoms with Crippen LogP contribution < -0.4 is 5.56 Å².